The monoisotopic (exact) mass is 705 g/mol. The second-order valence-electron chi connectivity index (χ2n) is 13.9. The van der Waals surface area contributed by atoms with Crippen LogP contribution < -0.4 is 15.0 Å². The van der Waals surface area contributed by atoms with E-state index in [1.54, 1.807) is 31.2 Å². The molecule has 14 heteroatoms. The van der Waals surface area contributed by atoms with Gasteiger partial charge in [0, 0.05) is 45.9 Å². The minimum absolute atomic E-state index is 0.0793. The number of nitrogens with zero attached hydrogens (tertiary/aromatic N) is 2. The minimum atomic E-state index is -1.85. The number of fused-ring (bicyclic) bond motifs is 6. The van der Waals surface area contributed by atoms with Gasteiger partial charge in [0.15, 0.2) is 5.72 Å². The Labute approximate surface area is 292 Å². The second kappa shape index (κ2) is 14.3. The number of hydrogen-bond donors (Lipinski definition) is 3. The number of nitrogens with one attached hydrogen (secondary N) is 1. The molecule has 2 fully saturated rings. The van der Waals surface area contributed by atoms with Crippen LogP contribution in [-0.2, 0) is 35.0 Å². The highest BCUT2D eigenvalue weighted by atomic mass is 35.5. The Morgan fingerprint density at radius 2 is 1.86 bits per heavy atom. The van der Waals surface area contributed by atoms with Crippen LogP contribution in [0.5, 0.6) is 5.75 Å². The highest BCUT2D eigenvalue weighted by Crippen LogP contribution is 2.63. The molecule has 1 saturated heterocycles. The van der Waals surface area contributed by atoms with E-state index in [4.69, 9.17) is 30.5 Å². The Balaban J connectivity index is 1.83. The lowest BCUT2D eigenvalue weighted by molar-refractivity contribution is -0.178. The summed E-state index contributed by atoms with van der Waals surface area (Å²) in [7, 11) is 5.86. The number of likely N-dealkylation sites (N-methyl/N-ethyl adjacent to an activating group) is 1. The van der Waals surface area contributed by atoms with E-state index < -0.39 is 71.4 Å². The van der Waals surface area contributed by atoms with E-state index in [1.807, 2.05) is 13.0 Å². The number of esters is 1. The molecule has 3 N–H and O–H groups in total. The van der Waals surface area contributed by atoms with E-state index in [1.165, 1.54) is 58.9 Å². The fraction of sp³-hybridized carbons (Fsp3) is 0.600. The van der Waals surface area contributed by atoms with E-state index in [-0.39, 0.29) is 17.4 Å². The molecule has 0 spiro atoms. The van der Waals surface area contributed by atoms with E-state index in [0.717, 1.165) is 11.1 Å². The third kappa shape index (κ3) is 7.74. The van der Waals surface area contributed by atoms with E-state index in [2.05, 4.69) is 5.32 Å². The number of anilines is 1. The van der Waals surface area contributed by atoms with Crippen molar-refractivity contribution in [1.82, 2.24) is 10.2 Å². The molecule has 3 aliphatic rings. The summed E-state index contributed by atoms with van der Waals surface area (Å²) in [5.74, 6) is -2.01. The first-order chi connectivity index (χ1) is 22.8. The van der Waals surface area contributed by atoms with Gasteiger partial charge >= 0.3 is 12.1 Å². The van der Waals surface area contributed by atoms with Gasteiger partial charge in [-0.25, -0.2) is 9.59 Å². The molecule has 1 aliphatic carbocycles. The van der Waals surface area contributed by atoms with E-state index in [0.29, 0.717) is 24.3 Å². The molecule has 1 aromatic rings. The lowest BCUT2D eigenvalue weighted by Crippen LogP contribution is -2.64. The smallest absolute Gasteiger partial charge is 0.409 e. The third-order valence-electron chi connectivity index (χ3n) is 10.4. The molecular weight excluding hydrogens is 658 g/mol. The van der Waals surface area contributed by atoms with Gasteiger partial charge in [-0.2, -0.15) is 0 Å². The number of ether oxygens (including phenoxy) is 4. The van der Waals surface area contributed by atoms with Gasteiger partial charge in [-0.15, -0.1) is 0 Å². The molecule has 4 bridgehead atoms. The van der Waals surface area contributed by atoms with Gasteiger partial charge in [0.25, 0.3) is 0 Å². The lowest BCUT2D eigenvalue weighted by Gasteiger charge is -2.43. The van der Waals surface area contributed by atoms with Gasteiger partial charge in [-0.3, -0.25) is 14.9 Å². The molecule has 1 saturated carbocycles. The Bertz CT molecular complexity index is 1550. The number of rotatable bonds is 5. The van der Waals surface area contributed by atoms with E-state index in [9.17, 15) is 29.4 Å². The third-order valence-corrected chi connectivity index (χ3v) is 10.8. The standard InChI is InChI=1S/C35H48ClN3O10/c1-19-11-10-12-26(47-9)35(45)18-28(49-32(43)37-35)33(4)17-25(33)34(5,44)27(48-31(42)20(2)38(6)21(3)40)16-29(41)39(7)23-14-22(13-19)15-24(46-8)30(23)36/h10-12,14-15,20,25-28,44-45H,13,16-18H2,1-9H3,(H,37,43)/b12-10+,19-11+. The van der Waals surface area contributed by atoms with Crippen LogP contribution in [0, 0.1) is 11.3 Å². The van der Waals surface area contributed by atoms with Gasteiger partial charge in [0.2, 0.25) is 11.8 Å². The molecule has 270 valence electrons. The normalized spacial score (nSPS) is 34.3. The van der Waals surface area contributed by atoms with Crippen molar-refractivity contribution >= 4 is 41.2 Å². The van der Waals surface area contributed by atoms with Crippen molar-refractivity contribution in [1.29, 1.82) is 0 Å². The molecular formula is C35H48ClN3O10. The predicted molar refractivity (Wildman–Crippen MR) is 181 cm³/mol. The lowest BCUT2D eigenvalue weighted by atomic mass is 9.81. The summed E-state index contributed by atoms with van der Waals surface area (Å²) in [6.07, 6.45) is 1.34. The maximum absolute atomic E-state index is 14.0. The topological polar surface area (TPSA) is 164 Å². The SMILES string of the molecule is COc1cc2cc(c1Cl)N(C)C(=O)CC(OC(=O)C(C)N(C)C(C)=O)C(C)(O)C1CC1(C)C1CC(O)(NC(=O)O1)C(OC)/C=C/C=C(\C)C2. The molecule has 0 aromatic heterocycles. The number of amides is 3. The largest absolute Gasteiger partial charge is 0.495 e. The Morgan fingerprint density at radius 3 is 2.47 bits per heavy atom. The van der Waals surface area contributed by atoms with Crippen LogP contribution in [0.3, 0.4) is 0 Å². The number of benzene rings is 1. The summed E-state index contributed by atoms with van der Waals surface area (Å²) < 4.78 is 22.7. The molecule has 8 atom stereocenters. The Hall–Kier alpha value is -3.65. The Kier molecular flexibility index (Phi) is 11.1. The summed E-state index contributed by atoms with van der Waals surface area (Å²) in [6.45, 7) is 7.98. The van der Waals surface area contributed by atoms with Gasteiger partial charge < -0.3 is 39.0 Å². The molecule has 2 aliphatic heterocycles. The minimum Gasteiger partial charge on any atom is -0.495 e. The zero-order chi connectivity index (χ0) is 36.6. The number of carbonyl (C=O) groups is 4. The van der Waals surface area contributed by atoms with E-state index >= 15 is 0 Å². The molecule has 13 nitrogen and oxygen atoms in total. The Morgan fingerprint density at radius 1 is 1.18 bits per heavy atom. The van der Waals surface area contributed by atoms with Gasteiger partial charge in [-0.1, -0.05) is 42.3 Å². The average Bonchev–Trinajstić information content (AvgIpc) is 3.75. The van der Waals surface area contributed by atoms with Gasteiger partial charge in [-0.05, 0) is 51.3 Å². The predicted octanol–water partition coefficient (Wildman–Crippen LogP) is 3.52. The zero-order valence-corrected chi connectivity index (χ0v) is 30.3. The van der Waals surface area contributed by atoms with Crippen molar-refractivity contribution in [3.05, 3.63) is 46.5 Å². The van der Waals surface area contributed by atoms with Crippen LogP contribution in [0.4, 0.5) is 10.5 Å². The van der Waals surface area contributed by atoms with Gasteiger partial charge in [0.1, 0.15) is 40.7 Å². The summed E-state index contributed by atoms with van der Waals surface area (Å²) in [6, 6.07) is 2.51. The van der Waals surface area contributed by atoms with Crippen LogP contribution in [0.2, 0.25) is 5.02 Å². The molecule has 0 radical (unpaired) electrons. The summed E-state index contributed by atoms with van der Waals surface area (Å²) >= 11 is 6.71. The van der Waals surface area contributed by atoms with Crippen LogP contribution in [0.25, 0.3) is 0 Å². The number of alkyl carbamates (subject to hydrolysis) is 1. The summed E-state index contributed by atoms with van der Waals surface area (Å²) in [5, 5.41) is 26.6. The molecule has 2 heterocycles. The second-order valence-corrected chi connectivity index (χ2v) is 14.3. The van der Waals surface area contributed by atoms with Crippen molar-refractivity contribution in [2.24, 2.45) is 11.3 Å². The summed E-state index contributed by atoms with van der Waals surface area (Å²) in [5.41, 5.74) is -2.53. The first kappa shape index (κ1) is 38.2. The average molecular weight is 706 g/mol. The van der Waals surface area contributed by atoms with Crippen molar-refractivity contribution < 1.29 is 48.3 Å². The number of halogens is 1. The maximum Gasteiger partial charge on any atom is 0.409 e. The van der Waals surface area contributed by atoms with Crippen molar-refractivity contribution in [3.63, 3.8) is 0 Å². The molecule has 4 rings (SSSR count). The quantitative estimate of drug-likeness (QED) is 0.386. The van der Waals surface area contributed by atoms with Crippen LogP contribution in [-0.4, -0.2) is 103 Å². The van der Waals surface area contributed by atoms with Crippen molar-refractivity contribution in [3.8, 4) is 5.75 Å². The van der Waals surface area contributed by atoms with Crippen LogP contribution in [0.15, 0.2) is 35.9 Å². The van der Waals surface area contributed by atoms with Crippen LogP contribution in [0.1, 0.15) is 59.4 Å². The number of aliphatic hydroxyl groups is 2. The molecule has 49 heavy (non-hydrogen) atoms. The summed E-state index contributed by atoms with van der Waals surface area (Å²) in [4.78, 5) is 54.8. The first-order valence-electron chi connectivity index (χ1n) is 16.2. The van der Waals surface area contributed by atoms with Crippen molar-refractivity contribution in [2.75, 3.05) is 33.2 Å². The number of methoxy groups -OCH3 is 2. The first-order valence-corrected chi connectivity index (χ1v) is 16.5. The van der Waals surface area contributed by atoms with Crippen molar-refractivity contribution in [2.45, 2.75) is 96.0 Å². The fourth-order valence-corrected chi connectivity index (χ4v) is 7.15. The maximum atomic E-state index is 14.0. The molecule has 1 aromatic carbocycles. The fourth-order valence-electron chi connectivity index (χ4n) is 6.84. The number of carbonyl (C=O) groups excluding carboxylic acids is 4. The molecule has 3 amide bonds. The van der Waals surface area contributed by atoms with Crippen LogP contribution >= 0.6 is 11.6 Å². The molecule has 8 unspecified atom stereocenters. The highest BCUT2D eigenvalue weighted by molar-refractivity contribution is 6.35. The zero-order valence-electron chi connectivity index (χ0n) is 29.5. The highest BCUT2D eigenvalue weighted by Gasteiger charge is 2.68. The number of hydrogen-bond acceptors (Lipinski definition) is 10. The van der Waals surface area contributed by atoms with Gasteiger partial charge in [0.05, 0.1) is 19.2 Å². The number of allylic oxidation sites excluding steroid dienone is 3.